The lowest BCUT2D eigenvalue weighted by Gasteiger charge is -2.28. The number of nitrogens with zero attached hydrogens (tertiary/aromatic N) is 2. The molecule has 6 heteroatoms. The summed E-state index contributed by atoms with van der Waals surface area (Å²) in [4.78, 5) is 12.7. The van der Waals surface area contributed by atoms with Crippen LogP contribution in [-0.2, 0) is 0 Å². The average molecular weight is 375 g/mol. The first kappa shape index (κ1) is 14.5. The fraction of sp³-hybridized carbons (Fsp3) is 0.538. The van der Waals surface area contributed by atoms with Crippen molar-refractivity contribution in [2.24, 2.45) is 5.92 Å². The van der Waals surface area contributed by atoms with Crippen molar-refractivity contribution in [1.82, 2.24) is 5.32 Å². The van der Waals surface area contributed by atoms with Gasteiger partial charge in [-0.15, -0.1) is 0 Å². The third-order valence-corrected chi connectivity index (χ3v) is 4.42. The fourth-order valence-electron chi connectivity index (χ4n) is 2.44. The molecule has 5 nitrogen and oxygen atoms in total. The van der Waals surface area contributed by atoms with Gasteiger partial charge < -0.3 is 10.2 Å². The highest BCUT2D eigenvalue weighted by atomic mass is 127. The van der Waals surface area contributed by atoms with Gasteiger partial charge in [-0.25, -0.2) is 0 Å². The number of nitro benzene ring substituents is 1. The molecule has 1 aromatic carbocycles. The molecule has 0 atom stereocenters. The first-order valence-corrected chi connectivity index (χ1v) is 7.51. The highest BCUT2D eigenvalue weighted by Gasteiger charge is 2.17. The topological polar surface area (TPSA) is 58.4 Å². The molecule has 0 spiro atoms. The van der Waals surface area contributed by atoms with E-state index >= 15 is 0 Å². The molecule has 2 rings (SSSR count). The highest BCUT2D eigenvalue weighted by molar-refractivity contribution is 14.1. The van der Waals surface area contributed by atoms with Crippen LogP contribution in [-0.4, -0.2) is 31.6 Å². The van der Waals surface area contributed by atoms with E-state index < -0.39 is 0 Å². The Morgan fingerprint density at radius 2 is 2.16 bits per heavy atom. The quantitative estimate of drug-likeness (QED) is 0.500. The second-order valence-electron chi connectivity index (χ2n) is 4.97. The summed E-state index contributed by atoms with van der Waals surface area (Å²) in [5, 5.41) is 14.2. The van der Waals surface area contributed by atoms with Crippen LogP contribution < -0.4 is 10.2 Å². The van der Waals surface area contributed by atoms with Crippen LogP contribution in [0.3, 0.4) is 0 Å². The molecule has 1 saturated heterocycles. The SMILES string of the molecule is CN(CC1CCNCC1)c1ccc([N+](=O)[O-])c(I)c1. The number of halogens is 1. The fourth-order valence-corrected chi connectivity index (χ4v) is 3.13. The van der Waals surface area contributed by atoms with Crippen molar-refractivity contribution >= 4 is 34.0 Å². The highest BCUT2D eigenvalue weighted by Crippen LogP contribution is 2.26. The molecule has 104 valence electrons. The molecule has 1 aliphatic heterocycles. The summed E-state index contributed by atoms with van der Waals surface area (Å²) in [6.45, 7) is 3.20. The van der Waals surface area contributed by atoms with E-state index in [1.807, 2.05) is 34.7 Å². The van der Waals surface area contributed by atoms with E-state index in [1.54, 1.807) is 6.07 Å². The van der Waals surface area contributed by atoms with E-state index in [4.69, 9.17) is 0 Å². The second-order valence-corrected chi connectivity index (χ2v) is 6.13. The minimum absolute atomic E-state index is 0.180. The standard InChI is InChI=1S/C13H18IN3O2/c1-16(9-10-4-6-15-7-5-10)11-2-3-13(17(18)19)12(14)8-11/h2-3,8,10,15H,4-7,9H2,1H3. The molecular weight excluding hydrogens is 357 g/mol. The van der Waals surface area contributed by atoms with Crippen molar-refractivity contribution in [3.8, 4) is 0 Å². The molecule has 1 fully saturated rings. The molecule has 0 unspecified atom stereocenters. The molecule has 0 aromatic heterocycles. The van der Waals surface area contributed by atoms with Gasteiger partial charge in [-0.05, 0) is 66.6 Å². The lowest BCUT2D eigenvalue weighted by Crippen LogP contribution is -2.34. The maximum Gasteiger partial charge on any atom is 0.282 e. The van der Waals surface area contributed by atoms with Gasteiger partial charge in [-0.2, -0.15) is 0 Å². The minimum atomic E-state index is -0.335. The summed E-state index contributed by atoms with van der Waals surface area (Å²) in [6, 6.07) is 5.32. The molecule has 0 aliphatic carbocycles. The molecule has 1 heterocycles. The van der Waals surface area contributed by atoms with Crippen molar-refractivity contribution < 1.29 is 4.92 Å². The average Bonchev–Trinajstić information content (AvgIpc) is 2.39. The Kier molecular flexibility index (Phi) is 4.98. The lowest BCUT2D eigenvalue weighted by atomic mass is 9.97. The van der Waals surface area contributed by atoms with Gasteiger partial charge in [-0.3, -0.25) is 10.1 Å². The van der Waals surface area contributed by atoms with Gasteiger partial charge in [0.15, 0.2) is 0 Å². The Labute approximate surface area is 126 Å². The number of nitrogens with one attached hydrogen (secondary N) is 1. The van der Waals surface area contributed by atoms with Crippen molar-refractivity contribution in [1.29, 1.82) is 0 Å². The summed E-state index contributed by atoms with van der Waals surface area (Å²) in [5.74, 6) is 0.708. The van der Waals surface area contributed by atoms with Crippen LogP contribution in [0.15, 0.2) is 18.2 Å². The number of anilines is 1. The maximum atomic E-state index is 10.8. The Morgan fingerprint density at radius 3 is 2.74 bits per heavy atom. The van der Waals surface area contributed by atoms with Crippen LogP contribution in [0.5, 0.6) is 0 Å². The molecule has 0 bridgehead atoms. The summed E-state index contributed by atoms with van der Waals surface area (Å²) in [7, 11) is 2.05. The first-order chi connectivity index (χ1) is 9.08. The Balaban J connectivity index is 2.04. The second kappa shape index (κ2) is 6.51. The smallest absolute Gasteiger partial charge is 0.282 e. The number of rotatable bonds is 4. The van der Waals surface area contributed by atoms with Crippen LogP contribution >= 0.6 is 22.6 Å². The van der Waals surface area contributed by atoms with E-state index in [2.05, 4.69) is 17.3 Å². The number of hydrogen-bond acceptors (Lipinski definition) is 4. The zero-order valence-electron chi connectivity index (χ0n) is 10.9. The Bertz CT molecular complexity index is 461. The van der Waals surface area contributed by atoms with Gasteiger partial charge in [0.05, 0.1) is 8.49 Å². The largest absolute Gasteiger partial charge is 0.374 e. The number of benzene rings is 1. The van der Waals surface area contributed by atoms with E-state index in [1.165, 1.54) is 12.8 Å². The monoisotopic (exact) mass is 375 g/mol. The summed E-state index contributed by atoms with van der Waals surface area (Å²) >= 11 is 2.03. The summed E-state index contributed by atoms with van der Waals surface area (Å²) < 4.78 is 0.692. The van der Waals surface area contributed by atoms with Gasteiger partial charge in [0, 0.05) is 25.3 Å². The zero-order chi connectivity index (χ0) is 13.8. The van der Waals surface area contributed by atoms with E-state index in [9.17, 15) is 10.1 Å². The van der Waals surface area contributed by atoms with Crippen molar-refractivity contribution in [2.75, 3.05) is 31.6 Å². The van der Waals surface area contributed by atoms with Crippen molar-refractivity contribution in [3.05, 3.63) is 31.9 Å². The van der Waals surface area contributed by atoms with Crippen LogP contribution in [0, 0.1) is 19.6 Å². The molecule has 1 N–H and O–H groups in total. The van der Waals surface area contributed by atoms with E-state index in [0.717, 1.165) is 25.3 Å². The van der Waals surface area contributed by atoms with Crippen LogP contribution in [0.1, 0.15) is 12.8 Å². The van der Waals surface area contributed by atoms with Crippen molar-refractivity contribution in [2.45, 2.75) is 12.8 Å². The predicted molar refractivity (Wildman–Crippen MR) is 84.7 cm³/mol. The van der Waals surface area contributed by atoms with Crippen molar-refractivity contribution in [3.63, 3.8) is 0 Å². The molecule has 0 saturated carbocycles. The number of piperidine rings is 1. The third-order valence-electron chi connectivity index (χ3n) is 3.56. The van der Waals surface area contributed by atoms with Gasteiger partial charge in [0.25, 0.3) is 5.69 Å². The van der Waals surface area contributed by atoms with Crippen LogP contribution in [0.25, 0.3) is 0 Å². The lowest BCUT2D eigenvalue weighted by molar-refractivity contribution is -0.385. The molecule has 0 radical (unpaired) electrons. The van der Waals surface area contributed by atoms with Gasteiger partial charge in [0.1, 0.15) is 0 Å². The Hall–Kier alpha value is -0.890. The molecule has 1 aromatic rings. The van der Waals surface area contributed by atoms with Gasteiger partial charge in [0.2, 0.25) is 0 Å². The first-order valence-electron chi connectivity index (χ1n) is 6.43. The summed E-state index contributed by atoms with van der Waals surface area (Å²) in [5.41, 5.74) is 1.23. The molecule has 19 heavy (non-hydrogen) atoms. The normalized spacial score (nSPS) is 16.3. The van der Waals surface area contributed by atoms with E-state index in [0.29, 0.717) is 9.49 Å². The molecule has 0 amide bonds. The third kappa shape index (κ3) is 3.79. The van der Waals surface area contributed by atoms with Gasteiger partial charge in [-0.1, -0.05) is 0 Å². The number of hydrogen-bond donors (Lipinski definition) is 1. The van der Waals surface area contributed by atoms with E-state index in [-0.39, 0.29) is 10.6 Å². The zero-order valence-corrected chi connectivity index (χ0v) is 13.1. The predicted octanol–water partition coefficient (Wildman–Crippen LogP) is 2.64. The van der Waals surface area contributed by atoms with Crippen LogP contribution in [0.2, 0.25) is 0 Å². The van der Waals surface area contributed by atoms with Crippen LogP contribution in [0.4, 0.5) is 11.4 Å². The Morgan fingerprint density at radius 1 is 1.47 bits per heavy atom. The molecule has 1 aliphatic rings. The molecular formula is C13H18IN3O2. The number of nitro groups is 1. The maximum absolute atomic E-state index is 10.8. The summed E-state index contributed by atoms with van der Waals surface area (Å²) in [6.07, 6.45) is 2.41. The minimum Gasteiger partial charge on any atom is -0.374 e. The van der Waals surface area contributed by atoms with Gasteiger partial charge >= 0.3 is 0 Å².